The molecule has 2 aromatic rings. The smallest absolute Gasteiger partial charge is 0.870 e. The number of carbonyl (C=O) groups is 1. The molecular weight excluding hydrogens is 347 g/mol. The maximum atomic E-state index is 12.4. The van der Waals surface area contributed by atoms with Crippen LogP contribution in [0.3, 0.4) is 0 Å². The Morgan fingerprint density at radius 3 is 2.23 bits per heavy atom. The largest absolute Gasteiger partial charge is 0.870 e. The van der Waals surface area contributed by atoms with E-state index >= 15 is 0 Å². The van der Waals surface area contributed by atoms with E-state index < -0.39 is 0 Å². The van der Waals surface area contributed by atoms with Gasteiger partial charge in [0.1, 0.15) is 0 Å². The average molecular weight is 370 g/mol. The van der Waals surface area contributed by atoms with Crippen molar-refractivity contribution in [3.8, 4) is 11.5 Å². The van der Waals surface area contributed by atoms with Gasteiger partial charge in [-0.3, -0.25) is 0 Å². The van der Waals surface area contributed by atoms with Crippen molar-refractivity contribution in [3.63, 3.8) is 0 Å². The first-order chi connectivity index (χ1) is 11.8. The zero-order valence-corrected chi connectivity index (χ0v) is 15.7. The van der Waals surface area contributed by atoms with E-state index in [2.05, 4.69) is 16.6 Å². The number of rotatable bonds is 5. The molecule has 0 aromatic heterocycles. The van der Waals surface area contributed by atoms with Gasteiger partial charge in [-0.25, -0.2) is 0 Å². The van der Waals surface area contributed by atoms with Gasteiger partial charge in [-0.05, 0) is 0 Å². The molecule has 26 heavy (non-hydrogen) atoms. The third-order valence-corrected chi connectivity index (χ3v) is 4.92. The van der Waals surface area contributed by atoms with Crippen LogP contribution < -0.4 is 4.74 Å². The number of hydrogen-bond acceptors (Lipinski definition) is 5. The summed E-state index contributed by atoms with van der Waals surface area (Å²) in [5.41, 5.74) is 0.975. The molecule has 1 atom stereocenters. The van der Waals surface area contributed by atoms with Crippen LogP contribution in [0, 0.1) is 5.92 Å². The molecule has 1 aliphatic carbocycles. The van der Waals surface area contributed by atoms with Gasteiger partial charge in [-0.1, -0.05) is 0 Å². The fourth-order valence-corrected chi connectivity index (χ4v) is 3.68. The Balaban J connectivity index is 0.00000169. The van der Waals surface area contributed by atoms with Crippen molar-refractivity contribution < 1.29 is 24.3 Å². The van der Waals surface area contributed by atoms with Crippen LogP contribution >= 0.6 is 0 Å². The average Bonchev–Trinajstić information content (AvgIpc) is 2.64. The summed E-state index contributed by atoms with van der Waals surface area (Å²) in [6, 6.07) is 17.5. The molecule has 2 N–H and O–H groups in total. The molecule has 5 nitrogen and oxygen atoms in total. The zero-order chi connectivity index (χ0) is 16.8. The Bertz CT molecular complexity index is 671. The second-order valence-corrected chi connectivity index (χ2v) is 6.54. The number of ether oxygens (including phenoxy) is 1. The van der Waals surface area contributed by atoms with E-state index in [1.807, 2.05) is 54.6 Å². The number of para-hydroxylation sites is 1. The van der Waals surface area contributed by atoms with E-state index in [1.54, 1.807) is 0 Å². The minimum Gasteiger partial charge on any atom is -0.870 e. The second-order valence-electron chi connectivity index (χ2n) is 6.30. The van der Waals surface area contributed by atoms with Crippen LogP contribution in [0.1, 0.15) is 43.6 Å². The molecule has 0 radical (unpaired) electrons. The van der Waals surface area contributed by atoms with Gasteiger partial charge in [0.15, 0.2) is 0 Å². The van der Waals surface area contributed by atoms with Gasteiger partial charge in [0.05, 0.1) is 0 Å². The zero-order valence-electron chi connectivity index (χ0n) is 14.6. The summed E-state index contributed by atoms with van der Waals surface area (Å²) in [5.74, 6) is 1.48. The Morgan fingerprint density at radius 1 is 0.923 bits per heavy atom. The van der Waals surface area contributed by atoms with E-state index in [4.69, 9.17) is 8.53 Å². The van der Waals surface area contributed by atoms with E-state index in [0.717, 1.165) is 29.9 Å². The fourth-order valence-electron chi connectivity index (χ4n) is 3.54. The van der Waals surface area contributed by atoms with Crippen molar-refractivity contribution >= 4 is 22.6 Å². The molecule has 1 aliphatic rings. The van der Waals surface area contributed by atoms with Gasteiger partial charge in [-0.15, -0.1) is 0 Å². The van der Waals surface area contributed by atoms with Crippen LogP contribution in [-0.2, 0) is 8.58 Å². The van der Waals surface area contributed by atoms with E-state index in [1.165, 1.54) is 19.3 Å². The van der Waals surface area contributed by atoms with E-state index in [-0.39, 0.29) is 22.8 Å². The van der Waals surface area contributed by atoms with Crippen LogP contribution in [0.2, 0.25) is 0 Å². The number of benzene rings is 2. The summed E-state index contributed by atoms with van der Waals surface area (Å²) < 4.78 is 10.9. The molecule has 1 saturated carbocycles. The summed E-state index contributed by atoms with van der Waals surface area (Å²) in [7, 11) is 0. The van der Waals surface area contributed by atoms with Crippen molar-refractivity contribution in [2.75, 3.05) is 0 Å². The molecular formula is C20H23AlO5. The van der Waals surface area contributed by atoms with Crippen molar-refractivity contribution in [1.82, 2.24) is 0 Å². The quantitative estimate of drug-likeness (QED) is 0.726. The predicted octanol–water partition coefficient (Wildman–Crippen LogP) is 4.42. The maximum absolute atomic E-state index is 12.4. The number of carbonyl (C=O) groups excluding carboxylic acids is 1. The molecule has 1 fully saturated rings. The van der Waals surface area contributed by atoms with E-state index in [9.17, 15) is 4.79 Å². The van der Waals surface area contributed by atoms with Gasteiger partial charge in [0.25, 0.3) is 0 Å². The molecule has 6 heteroatoms. The summed E-state index contributed by atoms with van der Waals surface area (Å²) in [4.78, 5) is 12.4. The molecule has 0 aliphatic heterocycles. The predicted molar refractivity (Wildman–Crippen MR) is 98.0 cm³/mol. The van der Waals surface area contributed by atoms with Crippen LogP contribution in [0.15, 0.2) is 54.6 Å². The van der Waals surface area contributed by atoms with E-state index in [0.29, 0.717) is 5.92 Å². The third kappa shape index (κ3) is 5.58. The Labute approximate surface area is 162 Å². The molecule has 1 unspecified atom stereocenters. The first-order valence-electron chi connectivity index (χ1n) is 8.51. The van der Waals surface area contributed by atoms with Crippen molar-refractivity contribution in [2.24, 2.45) is 5.92 Å². The monoisotopic (exact) mass is 370 g/mol. The van der Waals surface area contributed by atoms with Gasteiger partial charge in [0.2, 0.25) is 0 Å². The minimum atomic E-state index is -0.220. The molecule has 0 saturated heterocycles. The second kappa shape index (κ2) is 11.0. The summed E-state index contributed by atoms with van der Waals surface area (Å²) in [6.45, 7) is 0. The Kier molecular flexibility index (Phi) is 9.39. The van der Waals surface area contributed by atoms with Gasteiger partial charge < -0.3 is 11.0 Å². The molecule has 0 bridgehead atoms. The number of hydrogen-bond donors (Lipinski definition) is 0. The molecule has 2 aromatic carbocycles. The third-order valence-electron chi connectivity index (χ3n) is 4.69. The molecule has 3 rings (SSSR count). The SMILES string of the molecule is O=C([O][Al+2])C(c1cccc(Oc2ccccc2)c1)C1CCCCC1.[OH-].[OH-]. The first kappa shape index (κ1) is 22.2. The van der Waals surface area contributed by atoms with Crippen molar-refractivity contribution in [2.45, 2.75) is 38.0 Å². The summed E-state index contributed by atoms with van der Waals surface area (Å²) in [5, 5.41) is 0. The van der Waals surface area contributed by atoms with Crippen LogP contribution in [0.4, 0.5) is 0 Å². The Hall–Kier alpha value is -1.84. The molecule has 0 amide bonds. The van der Waals surface area contributed by atoms with Gasteiger partial charge >= 0.3 is 152 Å². The van der Waals surface area contributed by atoms with Gasteiger partial charge in [-0.2, -0.15) is 0 Å². The first-order valence-corrected chi connectivity index (χ1v) is 8.98. The normalized spacial score (nSPS) is 15.2. The minimum absolute atomic E-state index is 0. The van der Waals surface area contributed by atoms with Crippen LogP contribution in [0.25, 0.3) is 0 Å². The van der Waals surface area contributed by atoms with Crippen molar-refractivity contribution in [3.05, 3.63) is 60.2 Å². The topological polar surface area (TPSA) is 95.5 Å². The maximum Gasteiger partial charge on any atom is -0.870 e. The fraction of sp³-hybridized carbons (Fsp3) is 0.350. The van der Waals surface area contributed by atoms with Gasteiger partial charge in [0, 0.05) is 0 Å². The Morgan fingerprint density at radius 2 is 1.58 bits per heavy atom. The molecule has 136 valence electrons. The molecule has 0 spiro atoms. The summed E-state index contributed by atoms with van der Waals surface area (Å²) >= 11 is 2.10. The van der Waals surface area contributed by atoms with Crippen molar-refractivity contribution in [1.29, 1.82) is 0 Å². The molecule has 0 heterocycles. The standard InChI is InChI=1S/C20H22O3.Al.2H2O/c21-20(22)19(15-8-3-1-4-9-15)16-10-7-13-18(14-16)23-17-11-5-2-6-12-17;;;/h2,5-7,10-15,19H,1,3-4,8-9H2,(H,21,22);;2*1H2/q;+3;;/p-3. The van der Waals surface area contributed by atoms with Crippen LogP contribution in [0.5, 0.6) is 11.5 Å². The summed E-state index contributed by atoms with van der Waals surface area (Å²) in [6.07, 6.45) is 5.79. The van der Waals surface area contributed by atoms with Crippen LogP contribution in [-0.4, -0.2) is 33.5 Å².